The van der Waals surface area contributed by atoms with Gasteiger partial charge in [-0.3, -0.25) is 4.79 Å². The number of hydrogen-bond donors (Lipinski definition) is 1. The van der Waals surface area contributed by atoms with E-state index in [1.807, 2.05) is 37.9 Å². The first-order chi connectivity index (χ1) is 12.8. The maximum absolute atomic E-state index is 13.0. The lowest BCUT2D eigenvalue weighted by molar-refractivity contribution is -0.138. The average Bonchev–Trinajstić information content (AvgIpc) is 2.67. The standard InChI is InChI=1S/C20H31N3O3S.ClH/c1-15-4-5-19(16(2)14-15)27(25,26)23-12-8-17(9-13-23)20(24)22(3)18-6-10-21-11-7-18;/h4-5,14,17-18,21H,6-13H2,1-3H3;1H. The van der Waals surface area contributed by atoms with Gasteiger partial charge in [0, 0.05) is 32.1 Å². The number of aryl methyl sites for hydroxylation is 2. The minimum Gasteiger partial charge on any atom is -0.342 e. The summed E-state index contributed by atoms with van der Waals surface area (Å²) in [7, 11) is -1.60. The van der Waals surface area contributed by atoms with Crippen LogP contribution in [0.5, 0.6) is 0 Å². The Bertz CT molecular complexity index is 786. The minimum atomic E-state index is -3.50. The quantitative estimate of drug-likeness (QED) is 0.797. The highest BCUT2D eigenvalue weighted by molar-refractivity contribution is 7.89. The van der Waals surface area contributed by atoms with Crippen LogP contribution in [0.4, 0.5) is 0 Å². The van der Waals surface area contributed by atoms with Crippen molar-refractivity contribution < 1.29 is 13.2 Å². The molecule has 1 aromatic rings. The number of sulfonamides is 1. The summed E-state index contributed by atoms with van der Waals surface area (Å²) < 4.78 is 27.5. The Labute approximate surface area is 175 Å². The van der Waals surface area contributed by atoms with Gasteiger partial charge in [0.25, 0.3) is 0 Å². The molecule has 0 bridgehead atoms. The average molecular weight is 430 g/mol. The highest BCUT2D eigenvalue weighted by atomic mass is 35.5. The second-order valence-electron chi connectivity index (χ2n) is 7.88. The molecule has 1 amide bonds. The monoisotopic (exact) mass is 429 g/mol. The molecule has 1 aromatic carbocycles. The summed E-state index contributed by atoms with van der Waals surface area (Å²) in [5.74, 6) is 0.0981. The first kappa shape index (κ1) is 23.1. The van der Waals surface area contributed by atoms with E-state index in [9.17, 15) is 13.2 Å². The van der Waals surface area contributed by atoms with Crippen molar-refractivity contribution in [1.82, 2.24) is 14.5 Å². The second-order valence-corrected chi connectivity index (χ2v) is 9.78. The molecule has 3 rings (SSSR count). The van der Waals surface area contributed by atoms with Gasteiger partial charge in [-0.15, -0.1) is 12.4 Å². The predicted molar refractivity (Wildman–Crippen MR) is 113 cm³/mol. The van der Waals surface area contributed by atoms with Crippen molar-refractivity contribution in [1.29, 1.82) is 0 Å². The third-order valence-corrected chi connectivity index (χ3v) is 8.01. The maximum Gasteiger partial charge on any atom is 0.243 e. The molecule has 2 heterocycles. The largest absolute Gasteiger partial charge is 0.342 e. The molecular weight excluding hydrogens is 398 g/mol. The van der Waals surface area contributed by atoms with Crippen molar-refractivity contribution in [3.05, 3.63) is 29.3 Å². The van der Waals surface area contributed by atoms with Crippen LogP contribution in [0.15, 0.2) is 23.1 Å². The molecule has 2 fully saturated rings. The fourth-order valence-corrected chi connectivity index (χ4v) is 5.91. The van der Waals surface area contributed by atoms with Crippen LogP contribution in [-0.2, 0) is 14.8 Å². The van der Waals surface area contributed by atoms with E-state index in [1.165, 1.54) is 0 Å². The SMILES string of the molecule is Cc1ccc(S(=O)(=O)N2CCC(C(=O)N(C)C3CCNCC3)CC2)c(C)c1.Cl. The molecule has 0 aromatic heterocycles. The molecule has 0 aliphatic carbocycles. The minimum absolute atomic E-state index is 0. The lowest BCUT2D eigenvalue weighted by Gasteiger charge is -2.37. The summed E-state index contributed by atoms with van der Waals surface area (Å²) in [5, 5.41) is 3.32. The molecular formula is C20H32ClN3O3S. The molecule has 2 saturated heterocycles. The first-order valence-corrected chi connectivity index (χ1v) is 11.3. The Kier molecular flexibility index (Phi) is 7.90. The zero-order valence-corrected chi connectivity index (χ0v) is 18.6. The summed E-state index contributed by atoms with van der Waals surface area (Å²) in [5.41, 5.74) is 1.83. The predicted octanol–water partition coefficient (Wildman–Crippen LogP) is 2.34. The zero-order valence-electron chi connectivity index (χ0n) is 17.0. The number of benzene rings is 1. The summed E-state index contributed by atoms with van der Waals surface area (Å²) in [6, 6.07) is 5.74. The number of hydrogen-bond acceptors (Lipinski definition) is 4. The molecule has 0 spiro atoms. The Morgan fingerprint density at radius 2 is 1.71 bits per heavy atom. The Morgan fingerprint density at radius 3 is 2.29 bits per heavy atom. The summed E-state index contributed by atoms with van der Waals surface area (Å²) in [6.07, 6.45) is 3.17. The van der Waals surface area contributed by atoms with Crippen molar-refractivity contribution >= 4 is 28.3 Å². The van der Waals surface area contributed by atoms with Crippen molar-refractivity contribution in [3.63, 3.8) is 0 Å². The van der Waals surface area contributed by atoms with E-state index in [2.05, 4.69) is 5.32 Å². The van der Waals surface area contributed by atoms with E-state index in [1.54, 1.807) is 10.4 Å². The topological polar surface area (TPSA) is 69.7 Å². The van der Waals surface area contributed by atoms with Crippen molar-refractivity contribution in [2.45, 2.75) is 50.5 Å². The number of piperidine rings is 2. The molecule has 2 aliphatic rings. The molecule has 0 atom stereocenters. The van der Waals surface area contributed by atoms with Crippen LogP contribution in [0.2, 0.25) is 0 Å². The van der Waals surface area contributed by atoms with Crippen molar-refractivity contribution in [2.24, 2.45) is 5.92 Å². The van der Waals surface area contributed by atoms with Gasteiger partial charge >= 0.3 is 0 Å². The number of nitrogens with zero attached hydrogens (tertiary/aromatic N) is 2. The van der Waals surface area contributed by atoms with E-state index in [0.717, 1.165) is 37.1 Å². The first-order valence-electron chi connectivity index (χ1n) is 9.85. The van der Waals surface area contributed by atoms with E-state index >= 15 is 0 Å². The van der Waals surface area contributed by atoms with Crippen molar-refractivity contribution in [2.75, 3.05) is 33.2 Å². The number of rotatable bonds is 4. The lowest BCUT2D eigenvalue weighted by Crippen LogP contribution is -2.48. The van der Waals surface area contributed by atoms with E-state index in [-0.39, 0.29) is 24.2 Å². The molecule has 1 N–H and O–H groups in total. The fraction of sp³-hybridized carbons (Fsp3) is 0.650. The number of nitrogens with one attached hydrogen (secondary N) is 1. The molecule has 0 unspecified atom stereocenters. The highest BCUT2D eigenvalue weighted by Gasteiger charge is 2.35. The van der Waals surface area contributed by atoms with Gasteiger partial charge in [-0.05, 0) is 64.3 Å². The van der Waals surface area contributed by atoms with Gasteiger partial charge in [0.05, 0.1) is 4.90 Å². The zero-order chi connectivity index (χ0) is 19.6. The second kappa shape index (κ2) is 9.57. The van der Waals surface area contributed by atoms with Gasteiger partial charge in [-0.25, -0.2) is 8.42 Å². The van der Waals surface area contributed by atoms with E-state index in [0.29, 0.717) is 36.9 Å². The van der Waals surface area contributed by atoms with Gasteiger partial charge < -0.3 is 10.2 Å². The molecule has 158 valence electrons. The number of carbonyl (C=O) groups excluding carboxylic acids is 1. The van der Waals surface area contributed by atoms with Crippen LogP contribution in [0.3, 0.4) is 0 Å². The number of carbonyl (C=O) groups is 1. The Hall–Kier alpha value is -1.15. The van der Waals surface area contributed by atoms with Gasteiger partial charge in [-0.2, -0.15) is 4.31 Å². The highest BCUT2D eigenvalue weighted by Crippen LogP contribution is 2.27. The number of halogens is 1. The Morgan fingerprint density at radius 1 is 1.11 bits per heavy atom. The van der Waals surface area contributed by atoms with Crippen LogP contribution in [0.1, 0.15) is 36.8 Å². The van der Waals surface area contributed by atoms with Crippen molar-refractivity contribution in [3.8, 4) is 0 Å². The van der Waals surface area contributed by atoms with Crippen LogP contribution >= 0.6 is 12.4 Å². The van der Waals surface area contributed by atoms with Gasteiger partial charge in [0.1, 0.15) is 0 Å². The van der Waals surface area contributed by atoms with E-state index < -0.39 is 10.0 Å². The van der Waals surface area contributed by atoms with Gasteiger partial charge in [0.15, 0.2) is 0 Å². The fourth-order valence-electron chi connectivity index (χ4n) is 4.23. The molecule has 28 heavy (non-hydrogen) atoms. The lowest BCUT2D eigenvalue weighted by atomic mass is 9.95. The van der Waals surface area contributed by atoms with Crippen LogP contribution in [-0.4, -0.2) is 62.8 Å². The maximum atomic E-state index is 13.0. The summed E-state index contributed by atoms with van der Waals surface area (Å²) in [4.78, 5) is 15.1. The smallest absolute Gasteiger partial charge is 0.243 e. The summed E-state index contributed by atoms with van der Waals surface area (Å²) in [6.45, 7) is 6.52. The summed E-state index contributed by atoms with van der Waals surface area (Å²) >= 11 is 0. The third kappa shape index (κ3) is 4.87. The van der Waals surface area contributed by atoms with Gasteiger partial charge in [0.2, 0.25) is 15.9 Å². The van der Waals surface area contributed by atoms with Gasteiger partial charge in [-0.1, -0.05) is 17.7 Å². The van der Waals surface area contributed by atoms with Crippen LogP contribution < -0.4 is 5.32 Å². The molecule has 0 saturated carbocycles. The third-order valence-electron chi connectivity index (χ3n) is 5.96. The Balaban J connectivity index is 0.00000280. The molecule has 6 nitrogen and oxygen atoms in total. The van der Waals surface area contributed by atoms with E-state index in [4.69, 9.17) is 0 Å². The normalized spacial score (nSPS) is 19.8. The van der Waals surface area contributed by atoms with Crippen LogP contribution in [0, 0.1) is 19.8 Å². The molecule has 8 heteroatoms. The molecule has 0 radical (unpaired) electrons. The van der Waals surface area contributed by atoms with Crippen LogP contribution in [0.25, 0.3) is 0 Å². The molecule has 2 aliphatic heterocycles. The number of amides is 1.